The third-order valence-corrected chi connectivity index (χ3v) is 2.15. The van der Waals surface area contributed by atoms with Gasteiger partial charge >= 0.3 is 0 Å². The van der Waals surface area contributed by atoms with Gasteiger partial charge in [-0.05, 0) is 19.3 Å². The Labute approximate surface area is 76.2 Å². The van der Waals surface area contributed by atoms with E-state index in [0.29, 0.717) is 0 Å². The highest BCUT2D eigenvalue weighted by Crippen LogP contribution is 2.12. The largest absolute Gasteiger partial charge is 0.378 e. The van der Waals surface area contributed by atoms with Crippen LogP contribution in [0.5, 0.6) is 0 Å². The Bertz CT molecular complexity index is 158. The van der Waals surface area contributed by atoms with Crippen molar-refractivity contribution in [1.29, 1.82) is 0 Å². The summed E-state index contributed by atoms with van der Waals surface area (Å²) in [5.41, 5.74) is -0.728. The van der Waals surface area contributed by atoms with Crippen molar-refractivity contribution in [2.45, 2.75) is 58.5 Å². The zero-order valence-electron chi connectivity index (χ0n) is 8.48. The summed E-state index contributed by atoms with van der Waals surface area (Å²) < 4.78 is 0. The van der Waals surface area contributed by atoms with Crippen LogP contribution in [0.1, 0.15) is 52.9 Å². The summed E-state index contributed by atoms with van der Waals surface area (Å²) in [4.78, 5) is 0. The molecule has 0 unspecified atom stereocenters. The molecule has 12 heavy (non-hydrogen) atoms. The van der Waals surface area contributed by atoms with Gasteiger partial charge in [0.1, 0.15) is 5.60 Å². The molecule has 1 nitrogen and oxygen atoms in total. The van der Waals surface area contributed by atoms with Crippen LogP contribution in [0.15, 0.2) is 0 Å². The lowest BCUT2D eigenvalue weighted by atomic mass is 9.98. The summed E-state index contributed by atoms with van der Waals surface area (Å²) in [5.74, 6) is 5.96. The number of aliphatic hydroxyl groups is 1. The minimum absolute atomic E-state index is 0.725. The SMILES string of the molecule is CCCCC#CC(O)(CC)CC. The second-order valence-electron chi connectivity index (χ2n) is 3.14. The first-order valence-corrected chi connectivity index (χ1v) is 4.91. The van der Waals surface area contributed by atoms with E-state index in [1.165, 1.54) is 6.42 Å². The predicted octanol–water partition coefficient (Wildman–Crippen LogP) is 2.73. The van der Waals surface area contributed by atoms with Crippen LogP contribution in [0.2, 0.25) is 0 Å². The van der Waals surface area contributed by atoms with E-state index in [9.17, 15) is 5.11 Å². The summed E-state index contributed by atoms with van der Waals surface area (Å²) in [6.45, 7) is 6.09. The molecule has 0 aromatic heterocycles. The maximum Gasteiger partial charge on any atom is 0.125 e. The Morgan fingerprint density at radius 3 is 2.17 bits per heavy atom. The highest BCUT2D eigenvalue weighted by Gasteiger charge is 2.17. The van der Waals surface area contributed by atoms with Crippen LogP contribution < -0.4 is 0 Å². The standard InChI is InChI=1S/C11H20O/c1-4-7-8-9-10-11(12,5-2)6-3/h12H,4-8H2,1-3H3. The van der Waals surface area contributed by atoms with Gasteiger partial charge in [0.15, 0.2) is 0 Å². The predicted molar refractivity (Wildman–Crippen MR) is 52.8 cm³/mol. The highest BCUT2D eigenvalue weighted by atomic mass is 16.3. The van der Waals surface area contributed by atoms with Crippen LogP contribution in [0.4, 0.5) is 0 Å². The van der Waals surface area contributed by atoms with Gasteiger partial charge in [-0.15, -0.1) is 5.92 Å². The molecular formula is C11H20O. The van der Waals surface area contributed by atoms with Gasteiger partial charge in [0, 0.05) is 6.42 Å². The fraction of sp³-hybridized carbons (Fsp3) is 0.818. The van der Waals surface area contributed by atoms with Gasteiger partial charge in [0.05, 0.1) is 0 Å². The summed E-state index contributed by atoms with van der Waals surface area (Å²) in [6, 6.07) is 0. The highest BCUT2D eigenvalue weighted by molar-refractivity contribution is 5.12. The molecule has 0 aliphatic heterocycles. The molecule has 0 fully saturated rings. The Morgan fingerprint density at radius 1 is 1.17 bits per heavy atom. The van der Waals surface area contributed by atoms with Crippen molar-refractivity contribution in [3.63, 3.8) is 0 Å². The van der Waals surface area contributed by atoms with E-state index in [1.54, 1.807) is 0 Å². The first-order valence-electron chi connectivity index (χ1n) is 4.91. The number of rotatable bonds is 4. The molecule has 0 saturated heterocycles. The van der Waals surface area contributed by atoms with E-state index >= 15 is 0 Å². The zero-order chi connectivity index (χ0) is 9.45. The fourth-order valence-electron chi connectivity index (χ4n) is 0.919. The topological polar surface area (TPSA) is 20.2 Å². The van der Waals surface area contributed by atoms with Gasteiger partial charge in [-0.3, -0.25) is 0 Å². The van der Waals surface area contributed by atoms with Gasteiger partial charge in [-0.2, -0.15) is 0 Å². The normalized spacial score (nSPS) is 10.7. The molecule has 0 aliphatic carbocycles. The molecule has 1 N–H and O–H groups in total. The van der Waals surface area contributed by atoms with E-state index in [4.69, 9.17) is 0 Å². The summed E-state index contributed by atoms with van der Waals surface area (Å²) >= 11 is 0. The van der Waals surface area contributed by atoms with Crippen LogP contribution in [0.3, 0.4) is 0 Å². The van der Waals surface area contributed by atoms with Gasteiger partial charge < -0.3 is 5.11 Å². The van der Waals surface area contributed by atoms with E-state index in [2.05, 4.69) is 18.8 Å². The molecular weight excluding hydrogens is 148 g/mol. The van der Waals surface area contributed by atoms with Gasteiger partial charge in [0.2, 0.25) is 0 Å². The molecule has 0 heterocycles. The number of hydrogen-bond donors (Lipinski definition) is 1. The van der Waals surface area contributed by atoms with E-state index in [-0.39, 0.29) is 0 Å². The molecule has 0 amide bonds. The fourth-order valence-corrected chi connectivity index (χ4v) is 0.919. The maximum absolute atomic E-state index is 9.75. The Hall–Kier alpha value is -0.480. The third kappa shape index (κ3) is 4.41. The van der Waals surface area contributed by atoms with Crippen molar-refractivity contribution in [2.24, 2.45) is 0 Å². The lowest BCUT2D eigenvalue weighted by Crippen LogP contribution is -2.23. The van der Waals surface area contributed by atoms with Crippen molar-refractivity contribution in [3.8, 4) is 11.8 Å². The smallest absolute Gasteiger partial charge is 0.125 e. The number of hydrogen-bond acceptors (Lipinski definition) is 1. The second-order valence-corrected chi connectivity index (χ2v) is 3.14. The van der Waals surface area contributed by atoms with Crippen LogP contribution in [0.25, 0.3) is 0 Å². The third-order valence-electron chi connectivity index (χ3n) is 2.15. The first-order chi connectivity index (χ1) is 5.68. The number of unbranched alkanes of at least 4 members (excludes halogenated alkanes) is 2. The average molecular weight is 168 g/mol. The molecule has 0 spiro atoms. The molecule has 0 rings (SSSR count). The average Bonchev–Trinajstić information content (AvgIpc) is 2.12. The van der Waals surface area contributed by atoms with Crippen molar-refractivity contribution in [1.82, 2.24) is 0 Å². The first kappa shape index (κ1) is 11.5. The van der Waals surface area contributed by atoms with Crippen molar-refractivity contribution < 1.29 is 5.11 Å². The van der Waals surface area contributed by atoms with Crippen molar-refractivity contribution >= 4 is 0 Å². The molecule has 0 bridgehead atoms. The molecule has 70 valence electrons. The quantitative estimate of drug-likeness (QED) is 0.505. The van der Waals surface area contributed by atoms with Crippen molar-refractivity contribution in [2.75, 3.05) is 0 Å². The molecule has 1 heteroatoms. The van der Waals surface area contributed by atoms with Crippen LogP contribution in [0, 0.1) is 11.8 Å². The Morgan fingerprint density at radius 2 is 1.75 bits per heavy atom. The van der Waals surface area contributed by atoms with Gasteiger partial charge in [0.25, 0.3) is 0 Å². The molecule has 0 atom stereocenters. The van der Waals surface area contributed by atoms with Gasteiger partial charge in [-0.25, -0.2) is 0 Å². The summed E-state index contributed by atoms with van der Waals surface area (Å²) in [6.07, 6.45) is 4.67. The lowest BCUT2D eigenvalue weighted by molar-refractivity contribution is 0.0930. The summed E-state index contributed by atoms with van der Waals surface area (Å²) in [7, 11) is 0. The maximum atomic E-state index is 9.75. The second kappa shape index (κ2) is 6.08. The Balaban J connectivity index is 3.88. The van der Waals surface area contributed by atoms with Gasteiger partial charge in [-0.1, -0.05) is 33.1 Å². The minimum atomic E-state index is -0.728. The molecule has 0 saturated carbocycles. The van der Waals surface area contributed by atoms with Crippen LogP contribution >= 0.6 is 0 Å². The van der Waals surface area contributed by atoms with Crippen LogP contribution in [-0.2, 0) is 0 Å². The molecule has 0 aliphatic rings. The van der Waals surface area contributed by atoms with Crippen molar-refractivity contribution in [3.05, 3.63) is 0 Å². The van der Waals surface area contributed by atoms with E-state index in [1.807, 2.05) is 13.8 Å². The zero-order valence-corrected chi connectivity index (χ0v) is 8.48. The molecule has 0 radical (unpaired) electrons. The van der Waals surface area contributed by atoms with E-state index in [0.717, 1.165) is 25.7 Å². The summed E-state index contributed by atoms with van der Waals surface area (Å²) in [5, 5.41) is 9.75. The van der Waals surface area contributed by atoms with E-state index < -0.39 is 5.60 Å². The monoisotopic (exact) mass is 168 g/mol. The lowest BCUT2D eigenvalue weighted by Gasteiger charge is -2.16. The minimum Gasteiger partial charge on any atom is -0.378 e. The Kier molecular flexibility index (Phi) is 5.84. The van der Waals surface area contributed by atoms with Crippen LogP contribution in [-0.4, -0.2) is 10.7 Å². The molecule has 0 aromatic carbocycles. The molecule has 0 aromatic rings.